The van der Waals surface area contributed by atoms with Crippen LogP contribution in [0.25, 0.3) is 0 Å². The summed E-state index contributed by atoms with van der Waals surface area (Å²) in [5.41, 5.74) is 4.86. The van der Waals surface area contributed by atoms with Crippen molar-refractivity contribution in [2.24, 2.45) is 0 Å². The van der Waals surface area contributed by atoms with Gasteiger partial charge in [-0.05, 0) is 72.0 Å². The van der Waals surface area contributed by atoms with Crippen molar-refractivity contribution < 1.29 is 14.1 Å². The zero-order valence-electron chi connectivity index (χ0n) is 17.8. The Morgan fingerprint density at radius 2 is 1.87 bits per heavy atom. The van der Waals surface area contributed by atoms with E-state index in [0.29, 0.717) is 18.7 Å². The van der Waals surface area contributed by atoms with Crippen LogP contribution in [0.3, 0.4) is 0 Å². The summed E-state index contributed by atoms with van der Waals surface area (Å²) in [6, 6.07) is 21.4. The molecule has 0 saturated carbocycles. The number of fused-ring (bicyclic) bond motifs is 1. The summed E-state index contributed by atoms with van der Waals surface area (Å²) in [7, 11) is 0. The standard InChI is InChI=1S/C25H26N2O3S/c1-18-6-3-4-7-22(18)27-14-5-15-30-24-16-20(10-13-23(24)27)25(28)26-17-19-8-11-21(12-9-19)31(2)29/h3-4,6-13,16H,5,14-15,17H2,1-2H3,(H,26,28). The Morgan fingerprint density at radius 1 is 1.10 bits per heavy atom. The first-order chi connectivity index (χ1) is 15.0. The first kappa shape index (κ1) is 21.3. The van der Waals surface area contributed by atoms with Crippen LogP contribution < -0.4 is 15.0 Å². The van der Waals surface area contributed by atoms with E-state index >= 15 is 0 Å². The average Bonchev–Trinajstić information content (AvgIpc) is 3.00. The number of benzene rings is 3. The molecule has 1 unspecified atom stereocenters. The zero-order valence-corrected chi connectivity index (χ0v) is 18.6. The second-order valence-corrected chi connectivity index (χ2v) is 8.98. The molecule has 0 fully saturated rings. The Bertz CT molecular complexity index is 1070. The Balaban J connectivity index is 1.51. The molecule has 1 N–H and O–H groups in total. The highest BCUT2D eigenvalue weighted by atomic mass is 32.2. The van der Waals surface area contributed by atoms with Gasteiger partial charge in [-0.3, -0.25) is 4.79 Å². The highest BCUT2D eigenvalue weighted by Crippen LogP contribution is 2.38. The van der Waals surface area contributed by atoms with Crippen LogP contribution in [0.5, 0.6) is 5.75 Å². The van der Waals surface area contributed by atoms with E-state index in [2.05, 4.69) is 29.3 Å². The second-order valence-electron chi connectivity index (χ2n) is 7.60. The third-order valence-electron chi connectivity index (χ3n) is 5.41. The lowest BCUT2D eigenvalue weighted by Crippen LogP contribution is -2.23. The van der Waals surface area contributed by atoms with Gasteiger partial charge >= 0.3 is 0 Å². The van der Waals surface area contributed by atoms with Crippen molar-refractivity contribution in [3.8, 4) is 5.75 Å². The summed E-state index contributed by atoms with van der Waals surface area (Å²) in [6.07, 6.45) is 2.56. The van der Waals surface area contributed by atoms with Gasteiger partial charge in [0, 0.05) is 24.3 Å². The molecule has 6 heteroatoms. The third-order valence-corrected chi connectivity index (χ3v) is 6.35. The number of anilines is 2. The van der Waals surface area contributed by atoms with Crippen LogP contribution in [0, 0.1) is 6.92 Å². The number of para-hydroxylation sites is 1. The fourth-order valence-electron chi connectivity index (χ4n) is 3.72. The summed E-state index contributed by atoms with van der Waals surface area (Å²) in [4.78, 5) is 15.8. The molecule has 0 aliphatic carbocycles. The highest BCUT2D eigenvalue weighted by Gasteiger charge is 2.20. The smallest absolute Gasteiger partial charge is 0.251 e. The minimum absolute atomic E-state index is 0.152. The molecule has 1 aliphatic rings. The maximum absolute atomic E-state index is 12.7. The molecule has 31 heavy (non-hydrogen) atoms. The molecule has 3 aromatic carbocycles. The Kier molecular flexibility index (Phi) is 6.49. The van der Waals surface area contributed by atoms with Gasteiger partial charge in [0.2, 0.25) is 0 Å². The highest BCUT2D eigenvalue weighted by molar-refractivity contribution is 7.90. The summed E-state index contributed by atoms with van der Waals surface area (Å²) >= 11 is -1.01. The second kappa shape index (κ2) is 9.45. The van der Waals surface area contributed by atoms with Gasteiger partial charge in [-0.2, -0.15) is 0 Å². The minimum atomic E-state index is -1.01. The number of carbonyl (C=O) groups excluding carboxylic acids is 1. The van der Waals surface area contributed by atoms with Crippen LogP contribution in [0.15, 0.2) is 71.6 Å². The number of ether oxygens (including phenoxy) is 1. The number of amides is 1. The summed E-state index contributed by atoms with van der Waals surface area (Å²) in [5.74, 6) is 0.574. The van der Waals surface area contributed by atoms with Crippen LogP contribution in [0.2, 0.25) is 0 Å². The topological polar surface area (TPSA) is 64.6 Å². The molecule has 0 spiro atoms. The SMILES string of the molecule is Cc1ccccc1N1CCCOc2cc(C(=O)NCc3ccc([S+](C)[O-])cc3)ccc21. The average molecular weight is 435 g/mol. The number of hydrogen-bond donors (Lipinski definition) is 1. The van der Waals surface area contributed by atoms with E-state index < -0.39 is 11.2 Å². The normalized spacial score (nSPS) is 14.2. The maximum Gasteiger partial charge on any atom is 0.251 e. The molecule has 4 rings (SSSR count). The largest absolute Gasteiger partial charge is 0.612 e. The van der Waals surface area contributed by atoms with Crippen LogP contribution in [0.1, 0.15) is 27.9 Å². The van der Waals surface area contributed by atoms with Gasteiger partial charge in [0.05, 0.1) is 12.3 Å². The van der Waals surface area contributed by atoms with E-state index in [0.717, 1.165) is 40.5 Å². The number of carbonyl (C=O) groups is 1. The number of nitrogens with one attached hydrogen (secondary N) is 1. The predicted molar refractivity (Wildman–Crippen MR) is 125 cm³/mol. The fraction of sp³-hybridized carbons (Fsp3) is 0.240. The molecule has 1 aliphatic heterocycles. The predicted octanol–water partition coefficient (Wildman–Crippen LogP) is 4.58. The van der Waals surface area contributed by atoms with Gasteiger partial charge in [-0.1, -0.05) is 30.3 Å². The molecule has 3 aromatic rings. The quantitative estimate of drug-likeness (QED) is 0.597. The number of rotatable bonds is 5. The van der Waals surface area contributed by atoms with Crippen LogP contribution in [-0.4, -0.2) is 29.9 Å². The zero-order chi connectivity index (χ0) is 21.8. The Hall–Kier alpha value is -2.96. The van der Waals surface area contributed by atoms with Gasteiger partial charge < -0.3 is 19.5 Å². The fourth-order valence-corrected chi connectivity index (χ4v) is 4.24. The number of aryl methyl sites for hydroxylation is 1. The summed E-state index contributed by atoms with van der Waals surface area (Å²) in [5, 5.41) is 2.95. The van der Waals surface area contributed by atoms with Crippen molar-refractivity contribution in [3.05, 3.63) is 83.4 Å². The number of nitrogens with zero attached hydrogens (tertiary/aromatic N) is 1. The van der Waals surface area contributed by atoms with Crippen molar-refractivity contribution in [1.29, 1.82) is 0 Å². The molecular weight excluding hydrogens is 408 g/mol. The van der Waals surface area contributed by atoms with E-state index in [1.54, 1.807) is 6.26 Å². The van der Waals surface area contributed by atoms with Gasteiger partial charge in [-0.15, -0.1) is 0 Å². The lowest BCUT2D eigenvalue weighted by atomic mass is 10.1. The maximum atomic E-state index is 12.7. The molecule has 5 nitrogen and oxygen atoms in total. The lowest BCUT2D eigenvalue weighted by Gasteiger charge is -2.25. The lowest BCUT2D eigenvalue weighted by molar-refractivity contribution is 0.0950. The summed E-state index contributed by atoms with van der Waals surface area (Å²) < 4.78 is 17.5. The van der Waals surface area contributed by atoms with Crippen molar-refractivity contribution in [3.63, 3.8) is 0 Å². The molecule has 1 atom stereocenters. The minimum Gasteiger partial charge on any atom is -0.612 e. The van der Waals surface area contributed by atoms with Crippen LogP contribution in [0.4, 0.5) is 11.4 Å². The van der Waals surface area contributed by atoms with E-state index in [-0.39, 0.29) is 5.91 Å². The van der Waals surface area contributed by atoms with E-state index in [9.17, 15) is 9.35 Å². The van der Waals surface area contributed by atoms with Gasteiger partial charge in [-0.25, -0.2) is 0 Å². The van der Waals surface area contributed by atoms with Crippen LogP contribution >= 0.6 is 0 Å². The van der Waals surface area contributed by atoms with Gasteiger partial charge in [0.25, 0.3) is 5.91 Å². The molecule has 0 radical (unpaired) electrons. The van der Waals surface area contributed by atoms with Gasteiger partial charge in [0.15, 0.2) is 4.90 Å². The van der Waals surface area contributed by atoms with Crippen molar-refractivity contribution >= 4 is 28.5 Å². The van der Waals surface area contributed by atoms with Crippen molar-refractivity contribution in [1.82, 2.24) is 5.32 Å². The molecular formula is C25H26N2O3S. The van der Waals surface area contributed by atoms with E-state index in [1.165, 1.54) is 5.56 Å². The molecule has 1 amide bonds. The molecule has 0 aromatic heterocycles. The third kappa shape index (κ3) is 4.86. The molecule has 0 saturated heterocycles. The summed E-state index contributed by atoms with van der Waals surface area (Å²) in [6.45, 7) is 3.99. The van der Waals surface area contributed by atoms with Crippen LogP contribution in [-0.2, 0) is 17.7 Å². The van der Waals surface area contributed by atoms with Crippen molar-refractivity contribution in [2.75, 3.05) is 24.3 Å². The molecule has 160 valence electrons. The first-order valence-electron chi connectivity index (χ1n) is 10.3. The monoisotopic (exact) mass is 434 g/mol. The Morgan fingerprint density at radius 3 is 2.61 bits per heavy atom. The van der Waals surface area contributed by atoms with Crippen molar-refractivity contribution in [2.45, 2.75) is 24.8 Å². The molecule has 1 heterocycles. The first-order valence-corrected chi connectivity index (χ1v) is 11.9. The number of hydrogen-bond acceptors (Lipinski definition) is 4. The van der Waals surface area contributed by atoms with E-state index in [1.807, 2.05) is 54.6 Å². The van der Waals surface area contributed by atoms with E-state index in [4.69, 9.17) is 4.74 Å². The molecule has 0 bridgehead atoms. The Labute approximate surface area is 186 Å². The van der Waals surface area contributed by atoms with Gasteiger partial charge in [0.1, 0.15) is 12.0 Å².